The molecular formula is C20H22N2O7. The Morgan fingerprint density at radius 1 is 1.07 bits per heavy atom. The van der Waals surface area contributed by atoms with Crippen LogP contribution >= 0.6 is 0 Å². The van der Waals surface area contributed by atoms with Gasteiger partial charge in [0.1, 0.15) is 18.0 Å². The van der Waals surface area contributed by atoms with Crippen molar-refractivity contribution in [3.8, 4) is 11.5 Å². The second kappa shape index (κ2) is 8.76. The molecule has 1 fully saturated rings. The second-order valence-corrected chi connectivity index (χ2v) is 6.69. The standard InChI is InChI=1S/C20H22N2O7/c1-27-12-7-8-15(16(9-12)28-2)21-17(23)11-29-18(24)10-22-19(25)13-5-3-4-6-14(13)20(22)26/h3-4,7-9,13-14H,5-6,10-11H2,1-2H3,(H,21,23)/t13-,14-/m1/s1. The molecule has 0 saturated carbocycles. The first-order valence-corrected chi connectivity index (χ1v) is 9.12. The lowest BCUT2D eigenvalue weighted by molar-refractivity contribution is -0.154. The molecule has 1 heterocycles. The summed E-state index contributed by atoms with van der Waals surface area (Å²) in [5.41, 5.74) is 0.385. The summed E-state index contributed by atoms with van der Waals surface area (Å²) in [5.74, 6) is -2.02. The third kappa shape index (κ3) is 4.39. The number of likely N-dealkylation sites (tertiary alicyclic amines) is 1. The monoisotopic (exact) mass is 402 g/mol. The van der Waals surface area contributed by atoms with Crippen LogP contribution in [-0.2, 0) is 23.9 Å². The molecule has 154 valence electrons. The van der Waals surface area contributed by atoms with Gasteiger partial charge in [0.15, 0.2) is 6.61 Å². The Hall–Kier alpha value is -3.36. The largest absolute Gasteiger partial charge is 0.497 e. The highest BCUT2D eigenvalue weighted by Crippen LogP contribution is 2.34. The van der Waals surface area contributed by atoms with Gasteiger partial charge in [-0.1, -0.05) is 12.2 Å². The molecular weight excluding hydrogens is 380 g/mol. The van der Waals surface area contributed by atoms with Crippen molar-refractivity contribution in [2.75, 3.05) is 32.7 Å². The summed E-state index contributed by atoms with van der Waals surface area (Å²) >= 11 is 0. The molecule has 0 bridgehead atoms. The average molecular weight is 402 g/mol. The van der Waals surface area contributed by atoms with Crippen molar-refractivity contribution in [3.05, 3.63) is 30.4 Å². The van der Waals surface area contributed by atoms with Crippen molar-refractivity contribution >= 4 is 29.4 Å². The zero-order valence-electron chi connectivity index (χ0n) is 16.2. The molecule has 0 unspecified atom stereocenters. The molecule has 9 heteroatoms. The van der Waals surface area contributed by atoms with Gasteiger partial charge >= 0.3 is 5.97 Å². The highest BCUT2D eigenvalue weighted by Gasteiger charge is 2.47. The number of hydrogen-bond donors (Lipinski definition) is 1. The van der Waals surface area contributed by atoms with Crippen LogP contribution in [0.4, 0.5) is 5.69 Å². The quantitative estimate of drug-likeness (QED) is 0.413. The number of anilines is 1. The number of allylic oxidation sites excluding steroid dienone is 2. The van der Waals surface area contributed by atoms with Gasteiger partial charge in [-0.2, -0.15) is 0 Å². The van der Waals surface area contributed by atoms with Crippen LogP contribution in [0.3, 0.4) is 0 Å². The van der Waals surface area contributed by atoms with Crippen molar-refractivity contribution in [2.24, 2.45) is 11.8 Å². The van der Waals surface area contributed by atoms with E-state index in [-0.39, 0.29) is 11.8 Å². The van der Waals surface area contributed by atoms with Crippen LogP contribution in [-0.4, -0.2) is 56.0 Å². The molecule has 1 aliphatic carbocycles. The predicted molar refractivity (Wildman–Crippen MR) is 101 cm³/mol. The first kappa shape index (κ1) is 20.4. The third-order valence-corrected chi connectivity index (χ3v) is 4.93. The lowest BCUT2D eigenvalue weighted by atomic mass is 9.85. The Bertz CT molecular complexity index is 838. The Morgan fingerprint density at radius 3 is 2.31 bits per heavy atom. The van der Waals surface area contributed by atoms with Crippen molar-refractivity contribution in [1.29, 1.82) is 0 Å². The van der Waals surface area contributed by atoms with E-state index in [1.807, 2.05) is 12.2 Å². The zero-order chi connectivity index (χ0) is 21.0. The maximum Gasteiger partial charge on any atom is 0.326 e. The first-order chi connectivity index (χ1) is 13.9. The van der Waals surface area contributed by atoms with Crippen molar-refractivity contribution in [2.45, 2.75) is 12.8 Å². The van der Waals surface area contributed by atoms with Crippen LogP contribution in [0.5, 0.6) is 11.5 Å². The molecule has 0 radical (unpaired) electrons. The molecule has 29 heavy (non-hydrogen) atoms. The number of benzene rings is 1. The van der Waals surface area contributed by atoms with Gasteiger partial charge in [-0.15, -0.1) is 0 Å². The number of methoxy groups -OCH3 is 2. The minimum atomic E-state index is -0.824. The van der Waals surface area contributed by atoms with Crippen LogP contribution in [0, 0.1) is 11.8 Å². The smallest absolute Gasteiger partial charge is 0.326 e. The lowest BCUT2D eigenvalue weighted by Gasteiger charge is -2.14. The SMILES string of the molecule is COc1ccc(NC(=O)COC(=O)CN2C(=O)[C@@H]3CC=CC[C@H]3C2=O)c(OC)c1. The second-order valence-electron chi connectivity index (χ2n) is 6.69. The van der Waals surface area contributed by atoms with Gasteiger partial charge in [0.2, 0.25) is 11.8 Å². The van der Waals surface area contributed by atoms with Crippen molar-refractivity contribution in [1.82, 2.24) is 4.90 Å². The fourth-order valence-corrected chi connectivity index (χ4v) is 3.43. The molecule has 0 aromatic heterocycles. The fourth-order valence-electron chi connectivity index (χ4n) is 3.43. The van der Waals surface area contributed by atoms with Crippen molar-refractivity contribution in [3.63, 3.8) is 0 Å². The summed E-state index contributed by atoms with van der Waals surface area (Å²) in [7, 11) is 2.95. The van der Waals surface area contributed by atoms with Gasteiger partial charge in [0.25, 0.3) is 5.91 Å². The Labute approximate surface area is 167 Å². The maximum atomic E-state index is 12.3. The topological polar surface area (TPSA) is 111 Å². The summed E-state index contributed by atoms with van der Waals surface area (Å²) in [5, 5.41) is 2.57. The summed E-state index contributed by atoms with van der Waals surface area (Å²) in [6, 6.07) is 4.83. The minimum Gasteiger partial charge on any atom is -0.497 e. The van der Waals surface area contributed by atoms with Gasteiger partial charge in [-0.05, 0) is 25.0 Å². The molecule has 1 N–H and O–H groups in total. The van der Waals surface area contributed by atoms with Crippen LogP contribution in [0.25, 0.3) is 0 Å². The number of esters is 1. The maximum absolute atomic E-state index is 12.3. The number of amides is 3. The summed E-state index contributed by atoms with van der Waals surface area (Å²) < 4.78 is 15.2. The van der Waals surface area contributed by atoms with E-state index in [2.05, 4.69) is 5.32 Å². The molecule has 2 aliphatic rings. The molecule has 1 aliphatic heterocycles. The Kier molecular flexibility index (Phi) is 6.16. The molecule has 1 aromatic carbocycles. The van der Waals surface area contributed by atoms with E-state index >= 15 is 0 Å². The lowest BCUT2D eigenvalue weighted by Crippen LogP contribution is -2.37. The highest BCUT2D eigenvalue weighted by atomic mass is 16.5. The third-order valence-electron chi connectivity index (χ3n) is 4.93. The van der Waals surface area contributed by atoms with E-state index in [1.54, 1.807) is 18.2 Å². The van der Waals surface area contributed by atoms with Crippen LogP contribution < -0.4 is 14.8 Å². The van der Waals surface area contributed by atoms with Crippen LogP contribution in [0.1, 0.15) is 12.8 Å². The predicted octanol–water partition coefficient (Wildman–Crippen LogP) is 1.14. The fraction of sp³-hybridized carbons (Fsp3) is 0.400. The van der Waals surface area contributed by atoms with Crippen LogP contribution in [0.15, 0.2) is 30.4 Å². The van der Waals surface area contributed by atoms with E-state index in [0.717, 1.165) is 4.90 Å². The number of fused-ring (bicyclic) bond motifs is 1. The van der Waals surface area contributed by atoms with Crippen molar-refractivity contribution < 1.29 is 33.4 Å². The van der Waals surface area contributed by atoms with E-state index in [1.165, 1.54) is 14.2 Å². The Morgan fingerprint density at radius 2 is 1.72 bits per heavy atom. The average Bonchev–Trinajstić information content (AvgIpc) is 2.97. The number of nitrogens with zero attached hydrogens (tertiary/aromatic N) is 1. The number of ether oxygens (including phenoxy) is 3. The van der Waals surface area contributed by atoms with Gasteiger partial charge in [0.05, 0.1) is 31.7 Å². The molecule has 9 nitrogen and oxygen atoms in total. The Balaban J connectivity index is 1.51. The number of imide groups is 1. The van der Waals surface area contributed by atoms with Crippen LogP contribution in [0.2, 0.25) is 0 Å². The summed E-state index contributed by atoms with van der Waals surface area (Å²) in [6.45, 7) is -1.05. The van der Waals surface area contributed by atoms with Gasteiger partial charge in [0, 0.05) is 6.07 Å². The molecule has 3 rings (SSSR count). The number of rotatable bonds is 7. The zero-order valence-corrected chi connectivity index (χ0v) is 16.2. The number of carbonyl (C=O) groups excluding carboxylic acids is 4. The van der Waals surface area contributed by atoms with Gasteiger partial charge < -0.3 is 19.5 Å². The van der Waals surface area contributed by atoms with E-state index in [4.69, 9.17) is 14.2 Å². The highest BCUT2D eigenvalue weighted by molar-refractivity contribution is 6.07. The van der Waals surface area contributed by atoms with Gasteiger partial charge in [-0.25, -0.2) is 0 Å². The number of hydrogen-bond acceptors (Lipinski definition) is 7. The van der Waals surface area contributed by atoms with Gasteiger partial charge in [-0.3, -0.25) is 24.1 Å². The summed E-state index contributed by atoms with van der Waals surface area (Å²) in [6.07, 6.45) is 4.72. The van der Waals surface area contributed by atoms with E-state index in [9.17, 15) is 19.2 Å². The number of carbonyl (C=O) groups is 4. The molecule has 1 saturated heterocycles. The normalized spacial score (nSPS) is 20.3. The summed E-state index contributed by atoms with van der Waals surface area (Å²) in [4.78, 5) is 49.8. The first-order valence-electron chi connectivity index (χ1n) is 9.12. The minimum absolute atomic E-state index is 0.367. The molecule has 2 atom stereocenters. The van der Waals surface area contributed by atoms with E-state index < -0.39 is 36.9 Å². The number of nitrogens with one attached hydrogen (secondary N) is 1. The molecule has 3 amide bonds. The molecule has 1 aromatic rings. The molecule has 0 spiro atoms. The van der Waals surface area contributed by atoms with E-state index in [0.29, 0.717) is 30.0 Å².